The van der Waals surface area contributed by atoms with E-state index in [9.17, 15) is 9.90 Å². The lowest BCUT2D eigenvalue weighted by Gasteiger charge is -2.25. The molecule has 0 spiro atoms. The molecule has 2 atom stereocenters. The fourth-order valence-electron chi connectivity index (χ4n) is 3.93. The van der Waals surface area contributed by atoms with Gasteiger partial charge in [-0.1, -0.05) is 23.7 Å². The lowest BCUT2D eigenvalue weighted by Crippen LogP contribution is -2.41. The topological polar surface area (TPSA) is 53.0 Å². The molecule has 2 aliphatic heterocycles. The van der Waals surface area contributed by atoms with Gasteiger partial charge in [-0.15, -0.1) is 0 Å². The number of carboxylic acids is 1. The number of halogens is 1. The predicted octanol–water partition coefficient (Wildman–Crippen LogP) is 1.80. The van der Waals surface area contributed by atoms with E-state index in [2.05, 4.69) is 9.80 Å². The number of benzene rings is 1. The summed E-state index contributed by atoms with van der Waals surface area (Å²) in [4.78, 5) is 16.4. The number of hydrogen-bond acceptors (Lipinski definition) is 4. The normalized spacial score (nSPS) is 28.2. The maximum Gasteiger partial charge on any atom is 0.312 e. The summed E-state index contributed by atoms with van der Waals surface area (Å²) in [6.07, 6.45) is 0. The Morgan fingerprint density at radius 3 is 2.57 bits per heavy atom. The van der Waals surface area contributed by atoms with Crippen LogP contribution in [0.3, 0.4) is 0 Å². The van der Waals surface area contributed by atoms with E-state index in [1.165, 1.54) is 5.56 Å². The summed E-state index contributed by atoms with van der Waals surface area (Å²) in [7, 11) is 1.68. The third-order valence-electron chi connectivity index (χ3n) is 5.11. The van der Waals surface area contributed by atoms with Gasteiger partial charge < -0.3 is 9.84 Å². The van der Waals surface area contributed by atoms with Gasteiger partial charge in [-0.3, -0.25) is 14.6 Å². The Bertz CT molecular complexity index is 565. The van der Waals surface area contributed by atoms with Gasteiger partial charge in [-0.2, -0.15) is 0 Å². The van der Waals surface area contributed by atoms with Crippen LogP contribution in [0.4, 0.5) is 0 Å². The summed E-state index contributed by atoms with van der Waals surface area (Å²) < 4.78 is 5.12. The SMILES string of the molecule is COCCN1C[C@H]2CN(Cc3ccc(Cl)cc3)C[C@@]2(C(=O)O)C1. The molecule has 23 heavy (non-hydrogen) atoms. The van der Waals surface area contributed by atoms with Crippen molar-refractivity contribution < 1.29 is 14.6 Å². The molecule has 0 unspecified atom stereocenters. The van der Waals surface area contributed by atoms with Crippen molar-refractivity contribution in [3.8, 4) is 0 Å². The van der Waals surface area contributed by atoms with Crippen molar-refractivity contribution in [2.45, 2.75) is 6.54 Å². The summed E-state index contributed by atoms with van der Waals surface area (Å²) in [5.41, 5.74) is 0.534. The molecule has 2 aliphatic rings. The molecule has 2 fully saturated rings. The van der Waals surface area contributed by atoms with Crippen molar-refractivity contribution in [2.24, 2.45) is 11.3 Å². The van der Waals surface area contributed by atoms with E-state index in [4.69, 9.17) is 16.3 Å². The molecule has 0 saturated carbocycles. The van der Waals surface area contributed by atoms with Gasteiger partial charge in [0.1, 0.15) is 0 Å². The fraction of sp³-hybridized carbons (Fsp3) is 0.588. The minimum atomic E-state index is -0.666. The highest BCUT2D eigenvalue weighted by molar-refractivity contribution is 6.30. The van der Waals surface area contributed by atoms with Crippen molar-refractivity contribution in [2.75, 3.05) is 46.4 Å². The number of fused-ring (bicyclic) bond motifs is 1. The molecule has 6 heteroatoms. The van der Waals surface area contributed by atoms with E-state index in [1.807, 2.05) is 24.3 Å². The largest absolute Gasteiger partial charge is 0.481 e. The number of nitrogens with zero attached hydrogens (tertiary/aromatic N) is 2. The Balaban J connectivity index is 1.66. The van der Waals surface area contributed by atoms with Crippen LogP contribution in [0.25, 0.3) is 0 Å². The van der Waals surface area contributed by atoms with E-state index in [-0.39, 0.29) is 5.92 Å². The van der Waals surface area contributed by atoms with Crippen LogP contribution < -0.4 is 0 Å². The van der Waals surface area contributed by atoms with E-state index in [0.717, 1.165) is 31.2 Å². The van der Waals surface area contributed by atoms with Crippen LogP contribution in [0.5, 0.6) is 0 Å². The second-order valence-corrected chi connectivity index (χ2v) is 7.12. The number of methoxy groups -OCH3 is 1. The third-order valence-corrected chi connectivity index (χ3v) is 5.36. The van der Waals surface area contributed by atoms with Crippen LogP contribution in [-0.2, 0) is 16.1 Å². The molecular formula is C17H23ClN2O3. The minimum absolute atomic E-state index is 0.184. The molecule has 126 valence electrons. The van der Waals surface area contributed by atoms with Gasteiger partial charge in [-0.25, -0.2) is 0 Å². The Hall–Kier alpha value is -1.14. The molecule has 2 saturated heterocycles. The van der Waals surface area contributed by atoms with Crippen molar-refractivity contribution in [3.63, 3.8) is 0 Å². The number of rotatable bonds is 6. The molecule has 0 aliphatic carbocycles. The number of aliphatic carboxylic acids is 1. The maximum absolute atomic E-state index is 12.0. The first-order chi connectivity index (χ1) is 11.0. The van der Waals surface area contributed by atoms with Crippen LogP contribution in [0.15, 0.2) is 24.3 Å². The molecule has 1 aromatic carbocycles. The molecule has 0 radical (unpaired) electrons. The van der Waals surface area contributed by atoms with E-state index in [1.54, 1.807) is 7.11 Å². The molecule has 0 bridgehead atoms. The number of likely N-dealkylation sites (tertiary alicyclic amines) is 2. The van der Waals surface area contributed by atoms with E-state index < -0.39 is 11.4 Å². The summed E-state index contributed by atoms with van der Waals surface area (Å²) in [5.74, 6) is -0.481. The summed E-state index contributed by atoms with van der Waals surface area (Å²) in [6, 6.07) is 7.78. The minimum Gasteiger partial charge on any atom is -0.481 e. The number of hydrogen-bond donors (Lipinski definition) is 1. The maximum atomic E-state index is 12.0. The molecular weight excluding hydrogens is 316 g/mol. The highest BCUT2D eigenvalue weighted by Crippen LogP contribution is 2.43. The Labute approximate surface area is 141 Å². The monoisotopic (exact) mass is 338 g/mol. The third kappa shape index (κ3) is 3.38. The number of ether oxygens (including phenoxy) is 1. The van der Waals surface area contributed by atoms with Gasteiger partial charge in [0, 0.05) is 57.3 Å². The smallest absolute Gasteiger partial charge is 0.312 e. The van der Waals surface area contributed by atoms with Crippen LogP contribution in [0.1, 0.15) is 5.56 Å². The molecule has 3 rings (SSSR count). The zero-order valence-corrected chi connectivity index (χ0v) is 14.1. The lowest BCUT2D eigenvalue weighted by molar-refractivity contribution is -0.149. The zero-order chi connectivity index (χ0) is 16.4. The molecule has 5 nitrogen and oxygen atoms in total. The fourth-order valence-corrected chi connectivity index (χ4v) is 4.06. The van der Waals surface area contributed by atoms with Crippen molar-refractivity contribution in [1.29, 1.82) is 0 Å². The van der Waals surface area contributed by atoms with Crippen LogP contribution in [0, 0.1) is 11.3 Å². The van der Waals surface area contributed by atoms with E-state index in [0.29, 0.717) is 19.7 Å². The molecule has 0 aromatic heterocycles. The number of carboxylic acid groups (broad SMARTS) is 1. The first kappa shape index (κ1) is 16.7. The van der Waals surface area contributed by atoms with Crippen LogP contribution in [-0.4, -0.2) is 67.3 Å². The van der Waals surface area contributed by atoms with Gasteiger partial charge in [-0.05, 0) is 17.7 Å². The first-order valence-electron chi connectivity index (χ1n) is 7.95. The average molecular weight is 339 g/mol. The Morgan fingerprint density at radius 1 is 1.30 bits per heavy atom. The molecule has 2 heterocycles. The summed E-state index contributed by atoms with van der Waals surface area (Å²) in [5, 5.41) is 10.6. The second-order valence-electron chi connectivity index (χ2n) is 6.68. The van der Waals surface area contributed by atoms with Gasteiger partial charge >= 0.3 is 5.97 Å². The summed E-state index contributed by atoms with van der Waals surface area (Å²) in [6.45, 7) is 5.13. The highest BCUT2D eigenvalue weighted by atomic mass is 35.5. The van der Waals surface area contributed by atoms with E-state index >= 15 is 0 Å². The predicted molar refractivity (Wildman–Crippen MR) is 88.6 cm³/mol. The van der Waals surface area contributed by atoms with Crippen molar-refractivity contribution in [1.82, 2.24) is 9.80 Å². The standard InChI is InChI=1S/C17H23ClN2O3/c1-23-7-6-19-9-14-10-20(12-17(14,11-19)16(21)22)8-13-2-4-15(18)5-3-13/h2-5,14H,6-12H2,1H3,(H,21,22)/t14-,17-/m0/s1. The Kier molecular flexibility index (Phi) is 4.92. The lowest BCUT2D eigenvalue weighted by atomic mass is 9.81. The first-order valence-corrected chi connectivity index (χ1v) is 8.33. The quantitative estimate of drug-likeness (QED) is 0.857. The second kappa shape index (κ2) is 6.77. The van der Waals surface area contributed by atoms with Crippen LogP contribution in [0.2, 0.25) is 5.02 Å². The van der Waals surface area contributed by atoms with Gasteiger partial charge in [0.2, 0.25) is 0 Å². The van der Waals surface area contributed by atoms with Gasteiger partial charge in [0.25, 0.3) is 0 Å². The summed E-state index contributed by atoms with van der Waals surface area (Å²) >= 11 is 5.92. The zero-order valence-electron chi connectivity index (χ0n) is 13.4. The molecule has 1 N–H and O–H groups in total. The van der Waals surface area contributed by atoms with Gasteiger partial charge in [0.05, 0.1) is 12.0 Å². The van der Waals surface area contributed by atoms with Crippen molar-refractivity contribution in [3.05, 3.63) is 34.9 Å². The average Bonchev–Trinajstić information content (AvgIpc) is 3.02. The Morgan fingerprint density at radius 2 is 1.96 bits per heavy atom. The molecule has 1 aromatic rings. The molecule has 0 amide bonds. The van der Waals surface area contributed by atoms with Crippen molar-refractivity contribution >= 4 is 17.6 Å². The van der Waals surface area contributed by atoms with Gasteiger partial charge in [0.15, 0.2) is 0 Å². The van der Waals surface area contributed by atoms with Crippen LogP contribution >= 0.6 is 11.6 Å². The highest BCUT2D eigenvalue weighted by Gasteiger charge is 2.57. The number of carbonyl (C=O) groups is 1.